The van der Waals surface area contributed by atoms with E-state index in [-0.39, 0.29) is 5.82 Å². The Bertz CT molecular complexity index is 983. The number of amides is 1. The molecule has 0 aliphatic rings. The van der Waals surface area contributed by atoms with Gasteiger partial charge in [0.25, 0.3) is 5.91 Å². The first-order valence-corrected chi connectivity index (χ1v) is 8.64. The van der Waals surface area contributed by atoms with Crippen LogP contribution in [0.5, 0.6) is 0 Å². The molecule has 0 radical (unpaired) electrons. The van der Waals surface area contributed by atoms with Crippen LogP contribution in [0.3, 0.4) is 0 Å². The first kappa shape index (κ1) is 18.6. The SMILES string of the molecule is CCOC(=O)c1ccc(NC(=O)c2nc(C)n(-c3cccc(Cl)c3)n2)cc1. The molecule has 3 rings (SSSR count). The highest BCUT2D eigenvalue weighted by molar-refractivity contribution is 6.30. The number of esters is 1. The Morgan fingerprint density at radius 1 is 1.19 bits per heavy atom. The zero-order valence-electron chi connectivity index (χ0n) is 14.8. The van der Waals surface area contributed by atoms with Gasteiger partial charge in [0.15, 0.2) is 0 Å². The molecule has 0 saturated carbocycles. The van der Waals surface area contributed by atoms with Gasteiger partial charge in [-0.2, -0.15) is 0 Å². The van der Waals surface area contributed by atoms with Gasteiger partial charge >= 0.3 is 5.97 Å². The van der Waals surface area contributed by atoms with E-state index in [1.54, 1.807) is 61.0 Å². The van der Waals surface area contributed by atoms with E-state index in [0.717, 1.165) is 0 Å². The van der Waals surface area contributed by atoms with Gasteiger partial charge in [-0.3, -0.25) is 4.79 Å². The molecule has 0 atom stereocenters. The normalized spacial score (nSPS) is 10.5. The van der Waals surface area contributed by atoms with Crippen molar-refractivity contribution in [1.29, 1.82) is 0 Å². The number of ether oxygens (including phenoxy) is 1. The third kappa shape index (κ3) is 4.32. The second kappa shape index (κ2) is 8.01. The maximum Gasteiger partial charge on any atom is 0.338 e. The highest BCUT2D eigenvalue weighted by atomic mass is 35.5. The summed E-state index contributed by atoms with van der Waals surface area (Å²) >= 11 is 6.00. The third-order valence-electron chi connectivity index (χ3n) is 3.68. The van der Waals surface area contributed by atoms with Gasteiger partial charge < -0.3 is 10.1 Å². The van der Waals surface area contributed by atoms with Crippen LogP contribution in [0.2, 0.25) is 5.02 Å². The number of nitrogens with one attached hydrogen (secondary N) is 1. The van der Waals surface area contributed by atoms with Gasteiger partial charge in [-0.25, -0.2) is 14.5 Å². The number of benzene rings is 2. The molecule has 1 N–H and O–H groups in total. The fourth-order valence-electron chi connectivity index (χ4n) is 2.43. The Labute approximate surface area is 160 Å². The van der Waals surface area contributed by atoms with Gasteiger partial charge in [0, 0.05) is 10.7 Å². The van der Waals surface area contributed by atoms with Crippen LogP contribution in [0, 0.1) is 6.92 Å². The summed E-state index contributed by atoms with van der Waals surface area (Å²) in [4.78, 5) is 28.3. The van der Waals surface area contributed by atoms with E-state index < -0.39 is 11.9 Å². The zero-order chi connectivity index (χ0) is 19.4. The summed E-state index contributed by atoms with van der Waals surface area (Å²) in [5, 5.41) is 7.52. The lowest BCUT2D eigenvalue weighted by molar-refractivity contribution is 0.0526. The molecule has 0 fully saturated rings. The Morgan fingerprint density at radius 2 is 1.93 bits per heavy atom. The summed E-state index contributed by atoms with van der Waals surface area (Å²) in [6.07, 6.45) is 0. The number of aromatic nitrogens is 3. The predicted octanol–water partition coefficient (Wildman–Crippen LogP) is 3.66. The molecular formula is C19H17ClN4O3. The van der Waals surface area contributed by atoms with E-state index in [1.165, 1.54) is 0 Å². The van der Waals surface area contributed by atoms with Gasteiger partial charge in [0.1, 0.15) is 5.82 Å². The lowest BCUT2D eigenvalue weighted by atomic mass is 10.2. The molecule has 8 heteroatoms. The molecule has 7 nitrogen and oxygen atoms in total. The standard InChI is InChI=1S/C19H17ClN4O3/c1-3-27-19(26)13-7-9-15(10-8-13)22-18(25)17-21-12(2)24(23-17)16-6-4-5-14(20)11-16/h4-11H,3H2,1-2H3,(H,22,25). The number of hydrogen-bond donors (Lipinski definition) is 1. The van der Waals surface area contributed by atoms with E-state index in [1.807, 2.05) is 6.07 Å². The fourth-order valence-corrected chi connectivity index (χ4v) is 2.61. The fraction of sp³-hybridized carbons (Fsp3) is 0.158. The first-order valence-electron chi connectivity index (χ1n) is 8.26. The van der Waals surface area contributed by atoms with Gasteiger partial charge in [0.2, 0.25) is 5.82 Å². The lowest BCUT2D eigenvalue weighted by Crippen LogP contribution is -2.14. The number of halogens is 1. The van der Waals surface area contributed by atoms with Crippen LogP contribution in [-0.4, -0.2) is 33.2 Å². The minimum absolute atomic E-state index is 0.0296. The summed E-state index contributed by atoms with van der Waals surface area (Å²) in [6.45, 7) is 3.79. The average Bonchev–Trinajstić information content (AvgIpc) is 3.04. The van der Waals surface area contributed by atoms with Crippen molar-refractivity contribution in [2.24, 2.45) is 0 Å². The van der Waals surface area contributed by atoms with Crippen LogP contribution in [0.15, 0.2) is 48.5 Å². The molecule has 2 aromatic carbocycles. The molecule has 0 bridgehead atoms. The molecule has 0 aliphatic heterocycles. The highest BCUT2D eigenvalue weighted by Gasteiger charge is 2.16. The summed E-state index contributed by atoms with van der Waals surface area (Å²) < 4.78 is 6.47. The summed E-state index contributed by atoms with van der Waals surface area (Å²) in [7, 11) is 0. The Hall–Kier alpha value is -3.19. The van der Waals surface area contributed by atoms with Crippen LogP contribution in [0.1, 0.15) is 33.7 Å². The van der Waals surface area contributed by atoms with E-state index in [9.17, 15) is 9.59 Å². The quantitative estimate of drug-likeness (QED) is 0.678. The Morgan fingerprint density at radius 3 is 2.59 bits per heavy atom. The Balaban J connectivity index is 1.75. The topological polar surface area (TPSA) is 86.1 Å². The highest BCUT2D eigenvalue weighted by Crippen LogP contribution is 2.16. The van der Waals surface area contributed by atoms with Crippen LogP contribution < -0.4 is 5.32 Å². The molecule has 27 heavy (non-hydrogen) atoms. The molecule has 0 saturated heterocycles. The minimum Gasteiger partial charge on any atom is -0.462 e. The molecule has 0 aliphatic carbocycles. The second-order valence-corrected chi connectivity index (χ2v) is 6.06. The molecule has 1 amide bonds. The second-order valence-electron chi connectivity index (χ2n) is 5.63. The van der Waals surface area contributed by atoms with Crippen molar-refractivity contribution in [2.75, 3.05) is 11.9 Å². The van der Waals surface area contributed by atoms with Crippen LogP contribution >= 0.6 is 11.6 Å². The number of rotatable bonds is 5. The summed E-state index contributed by atoms with van der Waals surface area (Å²) in [5.41, 5.74) is 1.64. The van der Waals surface area contributed by atoms with Gasteiger partial charge in [-0.15, -0.1) is 5.10 Å². The van der Waals surface area contributed by atoms with Crippen molar-refractivity contribution in [3.63, 3.8) is 0 Å². The van der Waals surface area contributed by atoms with Crippen LogP contribution in [0.4, 0.5) is 5.69 Å². The molecule has 1 heterocycles. The van der Waals surface area contributed by atoms with Gasteiger partial charge in [-0.1, -0.05) is 17.7 Å². The number of nitrogens with zero attached hydrogens (tertiary/aromatic N) is 3. The molecule has 3 aromatic rings. The smallest absolute Gasteiger partial charge is 0.338 e. The number of hydrogen-bond acceptors (Lipinski definition) is 5. The summed E-state index contributed by atoms with van der Waals surface area (Å²) in [6, 6.07) is 13.5. The number of carbonyl (C=O) groups excluding carboxylic acids is 2. The third-order valence-corrected chi connectivity index (χ3v) is 3.91. The molecule has 0 spiro atoms. The van der Waals surface area contributed by atoms with Crippen molar-refractivity contribution in [3.8, 4) is 5.69 Å². The maximum absolute atomic E-state index is 12.4. The van der Waals surface area contributed by atoms with Crippen molar-refractivity contribution in [2.45, 2.75) is 13.8 Å². The monoisotopic (exact) mass is 384 g/mol. The van der Waals surface area contributed by atoms with E-state index >= 15 is 0 Å². The van der Waals surface area contributed by atoms with Crippen molar-refractivity contribution in [3.05, 3.63) is 70.8 Å². The maximum atomic E-state index is 12.4. The summed E-state index contributed by atoms with van der Waals surface area (Å²) in [5.74, 6) is -0.280. The number of anilines is 1. The van der Waals surface area contributed by atoms with Crippen molar-refractivity contribution in [1.82, 2.24) is 14.8 Å². The zero-order valence-corrected chi connectivity index (χ0v) is 15.5. The lowest BCUT2D eigenvalue weighted by Gasteiger charge is -2.05. The van der Waals surface area contributed by atoms with Gasteiger partial charge in [0.05, 0.1) is 17.9 Å². The largest absolute Gasteiger partial charge is 0.462 e. The van der Waals surface area contributed by atoms with Crippen LogP contribution in [0.25, 0.3) is 5.69 Å². The van der Waals surface area contributed by atoms with E-state index in [2.05, 4.69) is 15.4 Å². The van der Waals surface area contributed by atoms with Crippen LogP contribution in [-0.2, 0) is 4.74 Å². The Kier molecular flexibility index (Phi) is 5.52. The molecule has 1 aromatic heterocycles. The van der Waals surface area contributed by atoms with Gasteiger partial charge in [-0.05, 0) is 56.3 Å². The number of aryl methyl sites for hydroxylation is 1. The number of carbonyl (C=O) groups is 2. The average molecular weight is 385 g/mol. The molecule has 0 unspecified atom stereocenters. The van der Waals surface area contributed by atoms with Crippen molar-refractivity contribution >= 4 is 29.2 Å². The van der Waals surface area contributed by atoms with Crippen molar-refractivity contribution < 1.29 is 14.3 Å². The van der Waals surface area contributed by atoms with E-state index in [0.29, 0.717) is 34.4 Å². The first-order chi connectivity index (χ1) is 13.0. The minimum atomic E-state index is -0.456. The predicted molar refractivity (Wildman–Crippen MR) is 101 cm³/mol. The molecular weight excluding hydrogens is 368 g/mol. The molecule has 138 valence electrons. The van der Waals surface area contributed by atoms with E-state index in [4.69, 9.17) is 16.3 Å².